The molecular formula is C18H20N2O4S. The third kappa shape index (κ3) is 3.67. The van der Waals surface area contributed by atoms with Gasteiger partial charge in [-0.25, -0.2) is 13.2 Å². The fraction of sp³-hybridized carbons (Fsp3) is 0.278. The number of hydrogen-bond acceptors (Lipinski definition) is 4. The quantitative estimate of drug-likeness (QED) is 0.904. The molecule has 0 saturated carbocycles. The number of carbonyl (C=O) groups is 1. The van der Waals surface area contributed by atoms with Crippen molar-refractivity contribution in [2.24, 2.45) is 0 Å². The van der Waals surface area contributed by atoms with Crippen molar-refractivity contribution in [3.8, 4) is 0 Å². The Kier molecular flexibility index (Phi) is 4.78. The van der Waals surface area contributed by atoms with Crippen molar-refractivity contribution in [2.45, 2.75) is 11.8 Å². The summed E-state index contributed by atoms with van der Waals surface area (Å²) in [6, 6.07) is 13.6. The molecular weight excluding hydrogens is 340 g/mol. The van der Waals surface area contributed by atoms with Crippen molar-refractivity contribution in [1.29, 1.82) is 0 Å². The lowest BCUT2D eigenvalue weighted by Crippen LogP contribution is -2.48. The Labute approximate surface area is 147 Å². The minimum Gasteiger partial charge on any atom is -0.478 e. The Balaban J connectivity index is 1.72. The summed E-state index contributed by atoms with van der Waals surface area (Å²) in [5.74, 6) is -0.970. The molecule has 1 heterocycles. The third-order valence-corrected chi connectivity index (χ3v) is 6.27. The monoisotopic (exact) mass is 360 g/mol. The van der Waals surface area contributed by atoms with E-state index in [4.69, 9.17) is 5.11 Å². The number of hydrogen-bond donors (Lipinski definition) is 1. The van der Waals surface area contributed by atoms with E-state index in [1.165, 1.54) is 4.31 Å². The minimum atomic E-state index is -3.49. The predicted octanol–water partition coefficient (Wildman–Crippen LogP) is 2.20. The Morgan fingerprint density at radius 1 is 1.00 bits per heavy atom. The van der Waals surface area contributed by atoms with E-state index in [1.807, 2.05) is 17.9 Å². The molecule has 132 valence electrons. The molecule has 7 heteroatoms. The van der Waals surface area contributed by atoms with Gasteiger partial charge in [-0.3, -0.25) is 0 Å². The van der Waals surface area contributed by atoms with Crippen LogP contribution in [0.25, 0.3) is 0 Å². The zero-order chi connectivity index (χ0) is 18.0. The van der Waals surface area contributed by atoms with Gasteiger partial charge in [0.2, 0.25) is 10.0 Å². The number of benzene rings is 2. The summed E-state index contributed by atoms with van der Waals surface area (Å²) in [7, 11) is -3.49. The number of aromatic carboxylic acids is 1. The number of rotatable bonds is 4. The molecule has 0 spiro atoms. The average molecular weight is 360 g/mol. The highest BCUT2D eigenvalue weighted by atomic mass is 32.2. The van der Waals surface area contributed by atoms with Gasteiger partial charge in [0.15, 0.2) is 0 Å². The Morgan fingerprint density at radius 3 is 2.24 bits per heavy atom. The highest BCUT2D eigenvalue weighted by molar-refractivity contribution is 7.89. The van der Waals surface area contributed by atoms with E-state index in [9.17, 15) is 13.2 Å². The van der Waals surface area contributed by atoms with Gasteiger partial charge in [-0.15, -0.1) is 0 Å². The van der Waals surface area contributed by atoms with Crippen LogP contribution in [0.3, 0.4) is 0 Å². The number of piperazine rings is 1. The van der Waals surface area contributed by atoms with E-state index >= 15 is 0 Å². The summed E-state index contributed by atoms with van der Waals surface area (Å²) in [5, 5.41) is 9.10. The molecule has 0 amide bonds. The second-order valence-electron chi connectivity index (χ2n) is 6.06. The Hall–Kier alpha value is -2.38. The fourth-order valence-corrected chi connectivity index (χ4v) is 4.30. The van der Waals surface area contributed by atoms with Crippen LogP contribution in [-0.4, -0.2) is 50.0 Å². The normalized spacial score (nSPS) is 16.0. The van der Waals surface area contributed by atoms with Gasteiger partial charge in [-0.05, 0) is 37.3 Å². The number of carboxylic acid groups (broad SMARTS) is 1. The van der Waals surface area contributed by atoms with Crippen LogP contribution in [0.4, 0.5) is 5.69 Å². The summed E-state index contributed by atoms with van der Waals surface area (Å²) < 4.78 is 26.9. The van der Waals surface area contributed by atoms with E-state index in [1.54, 1.807) is 42.5 Å². The van der Waals surface area contributed by atoms with Crippen LogP contribution >= 0.6 is 0 Å². The number of aryl methyl sites for hydroxylation is 1. The van der Waals surface area contributed by atoms with E-state index in [0.717, 1.165) is 11.3 Å². The van der Waals surface area contributed by atoms with Crippen LogP contribution in [-0.2, 0) is 10.0 Å². The van der Waals surface area contributed by atoms with E-state index in [0.29, 0.717) is 31.1 Å². The van der Waals surface area contributed by atoms with Crippen LogP contribution in [0, 0.1) is 6.92 Å². The van der Waals surface area contributed by atoms with Crippen molar-refractivity contribution in [2.75, 3.05) is 31.1 Å². The lowest BCUT2D eigenvalue weighted by atomic mass is 10.2. The second-order valence-corrected chi connectivity index (χ2v) is 8.00. The Morgan fingerprint density at radius 2 is 1.64 bits per heavy atom. The molecule has 0 atom stereocenters. The first-order valence-corrected chi connectivity index (χ1v) is 9.47. The molecule has 0 unspecified atom stereocenters. The maximum absolute atomic E-state index is 12.7. The van der Waals surface area contributed by atoms with E-state index < -0.39 is 16.0 Å². The van der Waals surface area contributed by atoms with Crippen molar-refractivity contribution < 1.29 is 18.3 Å². The van der Waals surface area contributed by atoms with Crippen LogP contribution < -0.4 is 4.90 Å². The van der Waals surface area contributed by atoms with Crippen molar-refractivity contribution in [3.63, 3.8) is 0 Å². The molecule has 6 nitrogen and oxygen atoms in total. The first kappa shape index (κ1) is 17.4. The molecule has 0 bridgehead atoms. The van der Waals surface area contributed by atoms with Crippen LogP contribution in [0.5, 0.6) is 0 Å². The SMILES string of the molecule is Cc1ccc(S(=O)(=O)N2CCN(c3cccc(C(=O)O)c3)CC2)cc1. The lowest BCUT2D eigenvalue weighted by Gasteiger charge is -2.35. The van der Waals surface area contributed by atoms with Gasteiger partial charge in [-0.1, -0.05) is 23.8 Å². The molecule has 1 aliphatic rings. The summed E-state index contributed by atoms with van der Waals surface area (Å²) in [6.45, 7) is 3.70. The fourth-order valence-electron chi connectivity index (χ4n) is 2.88. The molecule has 2 aromatic carbocycles. The zero-order valence-corrected chi connectivity index (χ0v) is 14.7. The highest BCUT2D eigenvalue weighted by Gasteiger charge is 2.28. The van der Waals surface area contributed by atoms with E-state index in [-0.39, 0.29) is 5.56 Å². The summed E-state index contributed by atoms with van der Waals surface area (Å²) in [6.07, 6.45) is 0. The highest BCUT2D eigenvalue weighted by Crippen LogP contribution is 2.22. The van der Waals surface area contributed by atoms with Crippen molar-refractivity contribution in [1.82, 2.24) is 4.31 Å². The summed E-state index contributed by atoms with van der Waals surface area (Å²) >= 11 is 0. The largest absolute Gasteiger partial charge is 0.478 e. The van der Waals surface area contributed by atoms with Crippen LogP contribution in [0.2, 0.25) is 0 Å². The van der Waals surface area contributed by atoms with Crippen LogP contribution in [0.1, 0.15) is 15.9 Å². The topological polar surface area (TPSA) is 77.9 Å². The number of nitrogens with zero attached hydrogens (tertiary/aromatic N) is 2. The standard InChI is InChI=1S/C18H20N2O4S/c1-14-5-7-17(8-6-14)25(23,24)20-11-9-19(10-12-20)16-4-2-3-15(13-16)18(21)22/h2-8,13H,9-12H2,1H3,(H,21,22). The van der Waals surface area contributed by atoms with Gasteiger partial charge in [0, 0.05) is 31.9 Å². The molecule has 1 aliphatic heterocycles. The summed E-state index contributed by atoms with van der Waals surface area (Å²) in [5.41, 5.74) is 2.04. The molecule has 0 radical (unpaired) electrons. The molecule has 1 fully saturated rings. The van der Waals surface area contributed by atoms with E-state index in [2.05, 4.69) is 0 Å². The minimum absolute atomic E-state index is 0.229. The van der Waals surface area contributed by atoms with Gasteiger partial charge in [0.05, 0.1) is 10.5 Å². The van der Waals surface area contributed by atoms with Gasteiger partial charge in [0.1, 0.15) is 0 Å². The second kappa shape index (κ2) is 6.85. The molecule has 0 aliphatic carbocycles. The predicted molar refractivity (Wildman–Crippen MR) is 95.6 cm³/mol. The number of anilines is 1. The van der Waals surface area contributed by atoms with Gasteiger partial charge in [-0.2, -0.15) is 4.31 Å². The van der Waals surface area contributed by atoms with Gasteiger partial charge in [0.25, 0.3) is 0 Å². The molecule has 1 N–H and O–H groups in total. The third-order valence-electron chi connectivity index (χ3n) is 4.36. The van der Waals surface area contributed by atoms with Crippen LogP contribution in [0.15, 0.2) is 53.4 Å². The molecule has 0 aromatic heterocycles. The van der Waals surface area contributed by atoms with Crippen molar-refractivity contribution >= 4 is 21.7 Å². The molecule has 1 saturated heterocycles. The maximum Gasteiger partial charge on any atom is 0.335 e. The number of sulfonamides is 1. The smallest absolute Gasteiger partial charge is 0.335 e. The average Bonchev–Trinajstić information content (AvgIpc) is 2.62. The van der Waals surface area contributed by atoms with Gasteiger partial charge >= 0.3 is 5.97 Å². The number of carboxylic acids is 1. The molecule has 3 rings (SSSR count). The molecule has 25 heavy (non-hydrogen) atoms. The summed E-state index contributed by atoms with van der Waals surface area (Å²) in [4.78, 5) is 13.4. The zero-order valence-electron chi connectivity index (χ0n) is 13.9. The maximum atomic E-state index is 12.7. The molecule has 2 aromatic rings. The Bertz CT molecular complexity index is 870. The first-order valence-electron chi connectivity index (χ1n) is 8.03. The lowest BCUT2D eigenvalue weighted by molar-refractivity contribution is 0.0697. The first-order chi connectivity index (χ1) is 11.9. The van der Waals surface area contributed by atoms with Gasteiger partial charge < -0.3 is 10.0 Å². The van der Waals surface area contributed by atoms with Crippen molar-refractivity contribution in [3.05, 3.63) is 59.7 Å².